The number of nitrogens with two attached hydrogens (primary N) is 1. The highest BCUT2D eigenvalue weighted by atomic mass is 16.1. The molecule has 0 heterocycles. The molecule has 0 saturated carbocycles. The zero-order chi connectivity index (χ0) is 13.3. The number of hydrogen-bond donors (Lipinski definition) is 2. The number of rotatable bonds is 4. The van der Waals surface area contributed by atoms with Crippen LogP contribution in [0, 0.1) is 12.3 Å². The van der Waals surface area contributed by atoms with Crippen LogP contribution in [0.5, 0.6) is 0 Å². The van der Waals surface area contributed by atoms with E-state index in [-0.39, 0.29) is 5.91 Å². The Hall–Kier alpha value is -1.35. The molecule has 0 spiro atoms. The van der Waals surface area contributed by atoms with Gasteiger partial charge in [0, 0.05) is 12.6 Å². The zero-order valence-electron chi connectivity index (χ0n) is 11.4. The predicted molar refractivity (Wildman–Crippen MR) is 73.2 cm³/mol. The van der Waals surface area contributed by atoms with Crippen LogP contribution in [-0.2, 0) is 11.2 Å². The molecular formula is C15H22N2O. The number of amides is 1. The maximum absolute atomic E-state index is 11.3. The number of carbonyl (C=O) groups excluding carboxylic acids is 1. The van der Waals surface area contributed by atoms with Crippen molar-refractivity contribution in [2.24, 2.45) is 11.1 Å². The van der Waals surface area contributed by atoms with E-state index in [1.54, 1.807) is 0 Å². The van der Waals surface area contributed by atoms with Gasteiger partial charge in [0.05, 0.1) is 5.41 Å². The number of benzene rings is 1. The van der Waals surface area contributed by atoms with Crippen molar-refractivity contribution in [1.29, 1.82) is 0 Å². The third-order valence-corrected chi connectivity index (χ3v) is 3.84. The third-order valence-electron chi connectivity index (χ3n) is 3.84. The standard InChI is InChI=1S/C15H22N2O/c1-10-4-5-11-6-7-13(12(11)8-10)17-9-15(2,3)14(16)18/h4-5,8,13,17H,6-7,9H2,1-3H3,(H2,16,18). The molecule has 1 unspecified atom stereocenters. The van der Waals surface area contributed by atoms with Crippen LogP contribution in [0.2, 0.25) is 0 Å². The SMILES string of the molecule is Cc1ccc2c(c1)C(NCC(C)(C)C(N)=O)CC2. The van der Waals surface area contributed by atoms with E-state index in [2.05, 4.69) is 30.4 Å². The second kappa shape index (κ2) is 4.73. The minimum atomic E-state index is -0.493. The number of primary amides is 1. The second-order valence-electron chi connectivity index (χ2n) is 5.92. The quantitative estimate of drug-likeness (QED) is 0.854. The Balaban J connectivity index is 2.06. The van der Waals surface area contributed by atoms with Crippen molar-refractivity contribution in [3.63, 3.8) is 0 Å². The van der Waals surface area contributed by atoms with Gasteiger partial charge in [0.2, 0.25) is 5.91 Å². The first-order valence-electron chi connectivity index (χ1n) is 6.53. The number of aryl methyl sites for hydroxylation is 2. The molecule has 2 rings (SSSR count). The maximum atomic E-state index is 11.3. The molecule has 0 aromatic heterocycles. The number of carbonyl (C=O) groups is 1. The number of nitrogens with one attached hydrogen (secondary N) is 1. The van der Waals surface area contributed by atoms with Crippen LogP contribution in [0.25, 0.3) is 0 Å². The monoisotopic (exact) mass is 246 g/mol. The highest BCUT2D eigenvalue weighted by molar-refractivity contribution is 5.80. The summed E-state index contributed by atoms with van der Waals surface area (Å²) < 4.78 is 0. The number of fused-ring (bicyclic) bond motifs is 1. The minimum absolute atomic E-state index is 0.252. The second-order valence-corrected chi connectivity index (χ2v) is 5.92. The molecule has 0 bridgehead atoms. The first-order chi connectivity index (χ1) is 8.40. The summed E-state index contributed by atoms with van der Waals surface area (Å²) in [5.74, 6) is -0.252. The summed E-state index contributed by atoms with van der Waals surface area (Å²) >= 11 is 0. The van der Waals surface area contributed by atoms with Gasteiger partial charge in [0.1, 0.15) is 0 Å². The molecule has 3 N–H and O–H groups in total. The van der Waals surface area contributed by atoms with Gasteiger partial charge < -0.3 is 11.1 Å². The highest BCUT2D eigenvalue weighted by Gasteiger charge is 2.28. The van der Waals surface area contributed by atoms with E-state index in [1.165, 1.54) is 16.7 Å². The van der Waals surface area contributed by atoms with Crippen molar-refractivity contribution >= 4 is 5.91 Å². The van der Waals surface area contributed by atoms with Crippen molar-refractivity contribution in [3.05, 3.63) is 34.9 Å². The lowest BCUT2D eigenvalue weighted by Gasteiger charge is -2.24. The third kappa shape index (κ3) is 2.56. The summed E-state index contributed by atoms with van der Waals surface area (Å²) in [6.45, 7) is 6.51. The van der Waals surface area contributed by atoms with Gasteiger partial charge in [-0.25, -0.2) is 0 Å². The summed E-state index contributed by atoms with van der Waals surface area (Å²) in [5.41, 5.74) is 9.00. The Labute approximate surface area is 109 Å². The van der Waals surface area contributed by atoms with Gasteiger partial charge in [0.25, 0.3) is 0 Å². The fourth-order valence-electron chi connectivity index (χ4n) is 2.40. The van der Waals surface area contributed by atoms with E-state index in [9.17, 15) is 4.79 Å². The smallest absolute Gasteiger partial charge is 0.224 e. The van der Waals surface area contributed by atoms with Crippen molar-refractivity contribution in [3.8, 4) is 0 Å². The molecule has 18 heavy (non-hydrogen) atoms. The van der Waals surface area contributed by atoms with Gasteiger partial charge in [-0.2, -0.15) is 0 Å². The molecule has 1 aromatic rings. The average molecular weight is 246 g/mol. The molecule has 3 nitrogen and oxygen atoms in total. The lowest BCUT2D eigenvalue weighted by molar-refractivity contribution is -0.125. The van der Waals surface area contributed by atoms with Gasteiger partial charge in [-0.05, 0) is 44.7 Å². The van der Waals surface area contributed by atoms with E-state index in [4.69, 9.17) is 5.73 Å². The van der Waals surface area contributed by atoms with Gasteiger partial charge in [-0.15, -0.1) is 0 Å². The Bertz CT molecular complexity index is 466. The van der Waals surface area contributed by atoms with Crippen LogP contribution in [0.15, 0.2) is 18.2 Å². The summed E-state index contributed by atoms with van der Waals surface area (Å²) in [6, 6.07) is 6.98. The van der Waals surface area contributed by atoms with Crippen LogP contribution in [0.3, 0.4) is 0 Å². The van der Waals surface area contributed by atoms with Crippen molar-refractivity contribution in [2.45, 2.75) is 39.7 Å². The van der Waals surface area contributed by atoms with Crippen LogP contribution >= 0.6 is 0 Å². The predicted octanol–water partition coefficient (Wildman–Crippen LogP) is 2.08. The summed E-state index contributed by atoms with van der Waals surface area (Å²) in [7, 11) is 0. The van der Waals surface area contributed by atoms with Gasteiger partial charge in [0.15, 0.2) is 0 Å². The Morgan fingerprint density at radius 2 is 2.22 bits per heavy atom. The summed E-state index contributed by atoms with van der Waals surface area (Å²) in [6.07, 6.45) is 2.22. The Morgan fingerprint density at radius 3 is 2.89 bits per heavy atom. The fourth-order valence-corrected chi connectivity index (χ4v) is 2.40. The minimum Gasteiger partial charge on any atom is -0.369 e. The largest absolute Gasteiger partial charge is 0.369 e. The van der Waals surface area contributed by atoms with Gasteiger partial charge in [-0.1, -0.05) is 23.8 Å². The zero-order valence-corrected chi connectivity index (χ0v) is 11.4. The molecule has 1 aliphatic carbocycles. The Kier molecular flexibility index (Phi) is 3.44. The lowest BCUT2D eigenvalue weighted by atomic mass is 9.92. The molecule has 1 atom stereocenters. The molecule has 0 fully saturated rings. The normalized spacial score (nSPS) is 18.7. The first-order valence-corrected chi connectivity index (χ1v) is 6.53. The fraction of sp³-hybridized carbons (Fsp3) is 0.533. The van der Waals surface area contributed by atoms with E-state index in [1.807, 2.05) is 13.8 Å². The Morgan fingerprint density at radius 1 is 1.50 bits per heavy atom. The number of hydrogen-bond acceptors (Lipinski definition) is 2. The van der Waals surface area contributed by atoms with E-state index in [0.29, 0.717) is 12.6 Å². The molecule has 98 valence electrons. The van der Waals surface area contributed by atoms with E-state index in [0.717, 1.165) is 12.8 Å². The lowest BCUT2D eigenvalue weighted by Crippen LogP contribution is -2.41. The van der Waals surface area contributed by atoms with E-state index < -0.39 is 5.41 Å². The van der Waals surface area contributed by atoms with Crippen molar-refractivity contribution in [2.75, 3.05) is 6.54 Å². The van der Waals surface area contributed by atoms with Gasteiger partial charge >= 0.3 is 0 Å². The van der Waals surface area contributed by atoms with Crippen LogP contribution in [0.1, 0.15) is 43.0 Å². The van der Waals surface area contributed by atoms with Crippen molar-refractivity contribution in [1.82, 2.24) is 5.32 Å². The summed E-state index contributed by atoms with van der Waals surface area (Å²) in [5, 5.41) is 3.49. The molecule has 1 aromatic carbocycles. The molecule has 1 amide bonds. The molecule has 0 aliphatic heterocycles. The molecule has 0 radical (unpaired) electrons. The van der Waals surface area contributed by atoms with Gasteiger partial charge in [-0.3, -0.25) is 4.79 Å². The maximum Gasteiger partial charge on any atom is 0.224 e. The van der Waals surface area contributed by atoms with Crippen LogP contribution in [0.4, 0.5) is 0 Å². The molecule has 3 heteroatoms. The topological polar surface area (TPSA) is 55.1 Å². The van der Waals surface area contributed by atoms with E-state index >= 15 is 0 Å². The highest BCUT2D eigenvalue weighted by Crippen LogP contribution is 2.32. The average Bonchev–Trinajstić information content (AvgIpc) is 2.68. The van der Waals surface area contributed by atoms with Crippen LogP contribution in [-0.4, -0.2) is 12.5 Å². The molecule has 1 aliphatic rings. The molecule has 0 saturated heterocycles. The van der Waals surface area contributed by atoms with Crippen LogP contribution < -0.4 is 11.1 Å². The van der Waals surface area contributed by atoms with Crippen molar-refractivity contribution < 1.29 is 4.79 Å². The summed E-state index contributed by atoms with van der Waals surface area (Å²) in [4.78, 5) is 11.3. The molecular weight excluding hydrogens is 224 g/mol. The first kappa shape index (κ1) is 13.1.